The van der Waals surface area contributed by atoms with Crippen LogP contribution in [0, 0.1) is 11.8 Å². The van der Waals surface area contributed by atoms with Crippen LogP contribution in [0.4, 0.5) is 13.2 Å². The number of hydrogen-bond donors (Lipinski definition) is 0. The first-order chi connectivity index (χ1) is 18.1. The molecule has 0 amide bonds. The van der Waals surface area contributed by atoms with Gasteiger partial charge in [0.25, 0.3) is 0 Å². The molecule has 0 spiro atoms. The van der Waals surface area contributed by atoms with E-state index >= 15 is 0 Å². The molecular weight excluding hydrogens is 553 g/mol. The normalized spacial score (nSPS) is 25.3. The Morgan fingerprint density at radius 1 is 1.02 bits per heavy atom. The van der Waals surface area contributed by atoms with Gasteiger partial charge in [0.15, 0.2) is 16.6 Å². The summed E-state index contributed by atoms with van der Waals surface area (Å²) in [7, 11) is -4.35. The summed E-state index contributed by atoms with van der Waals surface area (Å²) < 4.78 is 64.8. The molecule has 1 aliphatic carbocycles. The first kappa shape index (κ1) is 32.9. The second-order valence-electron chi connectivity index (χ2n) is 14.3. The van der Waals surface area contributed by atoms with Crippen LogP contribution in [-0.4, -0.2) is 47.5 Å². The number of alkyl halides is 3. The molecule has 40 heavy (non-hydrogen) atoms. The van der Waals surface area contributed by atoms with E-state index in [1.54, 1.807) is 0 Å². The molecule has 1 saturated carbocycles. The largest absolute Gasteiger partial charge is 0.491 e. The van der Waals surface area contributed by atoms with Crippen molar-refractivity contribution in [2.24, 2.45) is 11.8 Å². The number of rotatable bonds is 9. The van der Waals surface area contributed by atoms with E-state index in [0.29, 0.717) is 12.8 Å². The molecule has 3 rings (SSSR count). The molecule has 0 unspecified atom stereocenters. The van der Waals surface area contributed by atoms with Crippen molar-refractivity contribution >= 4 is 22.6 Å². The molecule has 1 aromatic carbocycles. The summed E-state index contributed by atoms with van der Waals surface area (Å²) in [6.45, 7) is 21.8. The highest BCUT2D eigenvalue weighted by atomic mass is 28.4. The second-order valence-corrected chi connectivity index (χ2v) is 23.8. The van der Waals surface area contributed by atoms with Crippen LogP contribution in [0.2, 0.25) is 36.3 Å². The van der Waals surface area contributed by atoms with Crippen molar-refractivity contribution in [3.05, 3.63) is 42.0 Å². The molecule has 1 saturated heterocycles. The molecule has 0 radical (unpaired) electrons. The van der Waals surface area contributed by atoms with Crippen LogP contribution in [0.5, 0.6) is 5.75 Å². The molecule has 10 heteroatoms. The van der Waals surface area contributed by atoms with E-state index in [4.69, 9.17) is 18.3 Å². The van der Waals surface area contributed by atoms with Crippen LogP contribution < -0.4 is 4.74 Å². The van der Waals surface area contributed by atoms with E-state index < -0.39 is 34.5 Å². The van der Waals surface area contributed by atoms with Gasteiger partial charge in [0, 0.05) is 18.3 Å². The van der Waals surface area contributed by atoms with Crippen LogP contribution >= 0.6 is 0 Å². The van der Waals surface area contributed by atoms with Crippen molar-refractivity contribution in [3.63, 3.8) is 0 Å². The first-order valence-electron chi connectivity index (χ1n) is 14.1. The lowest BCUT2D eigenvalue weighted by Crippen LogP contribution is -2.45. The standard InChI is InChI=1S/C30H47F3O5Si2/c1-28(2,3)39(7,8)37-22(19-35-21-13-11-12-20(16-21)30(31,32)33)14-15-23-24-17-27(34)36-25(24)18-26(23)38-40(9,10)29(4,5)6/h11-16,22-26H,17-19H2,1-10H3/b15-14+/t22-,23-,24-,25+,26+/m1/s1. The molecule has 1 aliphatic heterocycles. The van der Waals surface area contributed by atoms with Crippen molar-refractivity contribution in [2.75, 3.05) is 6.61 Å². The van der Waals surface area contributed by atoms with Crippen molar-refractivity contribution < 1.29 is 36.3 Å². The lowest BCUT2D eigenvalue weighted by molar-refractivity contribution is -0.142. The quantitative estimate of drug-likeness (QED) is 0.162. The Hall–Kier alpha value is -1.63. The maximum atomic E-state index is 13.2. The molecule has 2 aliphatic rings. The maximum Gasteiger partial charge on any atom is 0.416 e. The third kappa shape index (κ3) is 7.80. The van der Waals surface area contributed by atoms with Gasteiger partial charge >= 0.3 is 12.1 Å². The summed E-state index contributed by atoms with van der Waals surface area (Å²) in [5, 5.41) is -0.0458. The number of benzene rings is 1. The summed E-state index contributed by atoms with van der Waals surface area (Å²) in [5.74, 6) is -0.0517. The van der Waals surface area contributed by atoms with Gasteiger partial charge in [0.2, 0.25) is 0 Å². The Labute approximate surface area is 240 Å². The molecule has 5 atom stereocenters. The molecule has 0 N–H and O–H groups in total. The van der Waals surface area contributed by atoms with Crippen LogP contribution in [-0.2, 0) is 24.6 Å². The minimum atomic E-state index is -4.45. The number of hydrogen-bond acceptors (Lipinski definition) is 5. The number of ether oxygens (including phenoxy) is 2. The number of halogens is 3. The second kappa shape index (κ2) is 11.6. The highest BCUT2D eigenvalue weighted by Gasteiger charge is 2.52. The Morgan fingerprint density at radius 2 is 1.65 bits per heavy atom. The van der Waals surface area contributed by atoms with Gasteiger partial charge in [-0.05, 0) is 54.5 Å². The van der Waals surface area contributed by atoms with Gasteiger partial charge in [-0.3, -0.25) is 4.79 Å². The van der Waals surface area contributed by atoms with Gasteiger partial charge < -0.3 is 18.3 Å². The predicted octanol–water partition coefficient (Wildman–Crippen LogP) is 8.37. The zero-order valence-corrected chi connectivity index (χ0v) is 27.6. The average molecular weight is 601 g/mol. The summed E-state index contributed by atoms with van der Waals surface area (Å²) in [6, 6.07) is 4.91. The van der Waals surface area contributed by atoms with Crippen molar-refractivity contribution in [3.8, 4) is 5.75 Å². The smallest absolute Gasteiger partial charge is 0.416 e. The van der Waals surface area contributed by atoms with Gasteiger partial charge in [0.05, 0.1) is 24.2 Å². The molecule has 1 aromatic rings. The molecule has 226 valence electrons. The summed E-state index contributed by atoms with van der Waals surface area (Å²) in [5.41, 5.74) is -0.754. The van der Waals surface area contributed by atoms with Crippen molar-refractivity contribution in [1.29, 1.82) is 0 Å². The molecule has 5 nitrogen and oxygen atoms in total. The topological polar surface area (TPSA) is 54.0 Å². The highest BCUT2D eigenvalue weighted by Crippen LogP contribution is 2.47. The zero-order valence-electron chi connectivity index (χ0n) is 25.6. The Kier molecular flexibility index (Phi) is 9.51. The molecular formula is C30H47F3O5Si2. The average Bonchev–Trinajstić information content (AvgIpc) is 3.28. The number of esters is 1. The van der Waals surface area contributed by atoms with Crippen LogP contribution in [0.15, 0.2) is 36.4 Å². The summed E-state index contributed by atoms with van der Waals surface area (Å²) in [4.78, 5) is 12.1. The maximum absolute atomic E-state index is 13.2. The highest BCUT2D eigenvalue weighted by molar-refractivity contribution is 6.74. The summed E-state index contributed by atoms with van der Waals surface area (Å²) in [6.07, 6.45) is -0.131. The predicted molar refractivity (Wildman–Crippen MR) is 156 cm³/mol. The lowest BCUT2D eigenvalue weighted by Gasteiger charge is -2.40. The van der Waals surface area contributed by atoms with Crippen LogP contribution in [0.3, 0.4) is 0 Å². The van der Waals surface area contributed by atoms with Gasteiger partial charge in [-0.2, -0.15) is 13.2 Å². The van der Waals surface area contributed by atoms with E-state index in [-0.39, 0.29) is 52.4 Å². The first-order valence-corrected chi connectivity index (χ1v) is 20.0. The van der Waals surface area contributed by atoms with Gasteiger partial charge in [0.1, 0.15) is 18.5 Å². The Morgan fingerprint density at radius 3 is 2.23 bits per heavy atom. The minimum absolute atomic E-state index is 0.0245. The van der Waals surface area contributed by atoms with E-state index in [0.717, 1.165) is 12.1 Å². The monoisotopic (exact) mass is 600 g/mol. The Balaban J connectivity index is 1.87. The van der Waals surface area contributed by atoms with E-state index in [2.05, 4.69) is 73.8 Å². The van der Waals surface area contributed by atoms with Gasteiger partial charge in [-0.1, -0.05) is 59.8 Å². The van der Waals surface area contributed by atoms with Crippen LogP contribution in [0.1, 0.15) is 59.9 Å². The van der Waals surface area contributed by atoms with Gasteiger partial charge in [-0.25, -0.2) is 0 Å². The third-order valence-electron chi connectivity index (χ3n) is 9.18. The molecule has 0 aromatic heterocycles. The van der Waals surface area contributed by atoms with E-state index in [1.165, 1.54) is 12.1 Å². The fourth-order valence-electron chi connectivity index (χ4n) is 4.72. The number of carbonyl (C=O) groups excluding carboxylic acids is 1. The fourth-order valence-corrected chi connectivity index (χ4v) is 7.34. The lowest BCUT2D eigenvalue weighted by atomic mass is 9.91. The van der Waals surface area contributed by atoms with Crippen LogP contribution in [0.25, 0.3) is 0 Å². The molecule has 1 heterocycles. The minimum Gasteiger partial charge on any atom is -0.491 e. The van der Waals surface area contributed by atoms with E-state index in [9.17, 15) is 18.0 Å². The Bertz CT molecular complexity index is 1070. The number of fused-ring (bicyclic) bond motifs is 1. The van der Waals surface area contributed by atoms with Gasteiger partial charge in [-0.15, -0.1) is 0 Å². The van der Waals surface area contributed by atoms with E-state index in [1.807, 2.05) is 6.08 Å². The van der Waals surface area contributed by atoms with Crippen molar-refractivity contribution in [1.82, 2.24) is 0 Å². The van der Waals surface area contributed by atoms with Crippen molar-refractivity contribution in [2.45, 2.75) is 115 Å². The zero-order chi connectivity index (χ0) is 30.3. The molecule has 0 bridgehead atoms. The number of carbonyl (C=O) groups is 1. The fraction of sp³-hybridized carbons (Fsp3) is 0.700. The molecule has 2 fully saturated rings. The SMILES string of the molecule is CC(C)(C)[Si](C)(C)O[C@H](/C=C/[C@@H]1[C@H]2CC(=O)O[C@H]2C[C@@H]1O[Si](C)(C)C(C)(C)C)COc1cccc(C(F)(F)F)c1. The summed E-state index contributed by atoms with van der Waals surface area (Å²) >= 11 is 0. The third-order valence-corrected chi connectivity index (χ3v) is 18.2.